The number of rotatable bonds is 1. The van der Waals surface area contributed by atoms with Gasteiger partial charge in [-0.3, -0.25) is 4.98 Å². The van der Waals surface area contributed by atoms with Gasteiger partial charge in [0, 0.05) is 31.7 Å². The number of aromatic amines is 1. The number of nitrogens with zero attached hydrogens (tertiary/aromatic N) is 2. The Morgan fingerprint density at radius 1 is 1.42 bits per heavy atom. The largest absolute Gasteiger partial charge is 0.417 e. The fraction of sp³-hybridized carbons (Fsp3) is 0.462. The summed E-state index contributed by atoms with van der Waals surface area (Å²) < 4.78 is 5.02. The standard InChI is InChI=1S/C13H18N4O2/c1-8-7-16(2)3-4-17(8)11-6-10-12(5-9(11)14)19-13(18)15-10/h5-6,8H,3-4,7,14H2,1-2H3,(H,15,18). The third-order valence-corrected chi connectivity index (χ3v) is 3.71. The second-order valence-corrected chi connectivity index (χ2v) is 5.23. The summed E-state index contributed by atoms with van der Waals surface area (Å²) in [7, 11) is 2.12. The smallest absolute Gasteiger partial charge is 0.408 e. The van der Waals surface area contributed by atoms with E-state index >= 15 is 0 Å². The van der Waals surface area contributed by atoms with Crippen LogP contribution in [0.25, 0.3) is 11.1 Å². The first-order valence-electron chi connectivity index (χ1n) is 6.42. The summed E-state index contributed by atoms with van der Waals surface area (Å²) >= 11 is 0. The van der Waals surface area contributed by atoms with Gasteiger partial charge in [-0.15, -0.1) is 0 Å². The Bertz CT molecular complexity index is 660. The van der Waals surface area contributed by atoms with E-state index in [2.05, 4.69) is 28.8 Å². The van der Waals surface area contributed by atoms with E-state index in [0.29, 0.717) is 22.8 Å². The Morgan fingerprint density at radius 2 is 2.21 bits per heavy atom. The maximum absolute atomic E-state index is 11.2. The van der Waals surface area contributed by atoms with Crippen molar-refractivity contribution in [1.29, 1.82) is 0 Å². The minimum absolute atomic E-state index is 0.386. The highest BCUT2D eigenvalue weighted by atomic mass is 16.4. The summed E-state index contributed by atoms with van der Waals surface area (Å²) in [4.78, 5) is 18.5. The van der Waals surface area contributed by atoms with Crippen LogP contribution in [0, 0.1) is 0 Å². The van der Waals surface area contributed by atoms with E-state index in [4.69, 9.17) is 10.2 Å². The molecular weight excluding hydrogens is 244 g/mol. The van der Waals surface area contributed by atoms with Crippen molar-refractivity contribution in [2.24, 2.45) is 0 Å². The van der Waals surface area contributed by atoms with E-state index in [-0.39, 0.29) is 0 Å². The zero-order valence-corrected chi connectivity index (χ0v) is 11.1. The molecule has 1 aliphatic rings. The predicted octanol–water partition coefficient (Wildman–Crippen LogP) is 0.844. The van der Waals surface area contributed by atoms with Crippen molar-refractivity contribution < 1.29 is 4.42 Å². The van der Waals surface area contributed by atoms with E-state index in [1.54, 1.807) is 6.07 Å². The second kappa shape index (κ2) is 4.31. The number of anilines is 2. The third kappa shape index (κ3) is 2.08. The topological polar surface area (TPSA) is 78.5 Å². The number of benzene rings is 1. The molecule has 1 saturated heterocycles. The van der Waals surface area contributed by atoms with Gasteiger partial charge >= 0.3 is 5.76 Å². The second-order valence-electron chi connectivity index (χ2n) is 5.23. The molecule has 0 spiro atoms. The van der Waals surface area contributed by atoms with Gasteiger partial charge in [0.25, 0.3) is 0 Å². The number of nitrogen functional groups attached to an aromatic ring is 1. The molecule has 2 aromatic rings. The molecule has 1 fully saturated rings. The number of likely N-dealkylation sites (N-methyl/N-ethyl adjacent to an activating group) is 1. The van der Waals surface area contributed by atoms with Crippen LogP contribution in [0.1, 0.15) is 6.92 Å². The maximum Gasteiger partial charge on any atom is 0.417 e. The maximum atomic E-state index is 11.2. The number of nitrogens with two attached hydrogens (primary N) is 1. The van der Waals surface area contributed by atoms with Crippen LogP contribution in [0.15, 0.2) is 21.3 Å². The number of oxazole rings is 1. The van der Waals surface area contributed by atoms with Gasteiger partial charge < -0.3 is 20.0 Å². The van der Waals surface area contributed by atoms with Crippen LogP contribution < -0.4 is 16.4 Å². The minimum atomic E-state index is -0.446. The Labute approximate surface area is 110 Å². The molecule has 6 nitrogen and oxygen atoms in total. The number of H-pyrrole nitrogens is 1. The van der Waals surface area contributed by atoms with Gasteiger partial charge in [0.1, 0.15) is 0 Å². The van der Waals surface area contributed by atoms with E-state index in [1.165, 1.54) is 0 Å². The van der Waals surface area contributed by atoms with E-state index in [0.717, 1.165) is 25.3 Å². The molecule has 1 atom stereocenters. The normalized spacial score (nSPS) is 21.2. The minimum Gasteiger partial charge on any atom is -0.408 e. The number of hydrogen-bond acceptors (Lipinski definition) is 5. The number of nitrogens with one attached hydrogen (secondary N) is 1. The Morgan fingerprint density at radius 3 is 2.95 bits per heavy atom. The summed E-state index contributed by atoms with van der Waals surface area (Å²) in [6.45, 7) is 5.11. The Hall–Kier alpha value is -1.95. The zero-order valence-electron chi connectivity index (χ0n) is 11.1. The highest BCUT2D eigenvalue weighted by Crippen LogP contribution is 2.30. The molecule has 0 saturated carbocycles. The highest BCUT2D eigenvalue weighted by Gasteiger charge is 2.23. The van der Waals surface area contributed by atoms with Crippen molar-refractivity contribution in [3.8, 4) is 0 Å². The SMILES string of the molecule is CC1CN(C)CCN1c1cc2[nH]c(=O)oc2cc1N. The van der Waals surface area contributed by atoms with Crippen LogP contribution in [0.5, 0.6) is 0 Å². The van der Waals surface area contributed by atoms with Crippen LogP contribution in [-0.4, -0.2) is 42.6 Å². The number of fused-ring (bicyclic) bond motifs is 1. The molecule has 1 aliphatic heterocycles. The fourth-order valence-electron chi connectivity index (χ4n) is 2.75. The van der Waals surface area contributed by atoms with E-state index in [9.17, 15) is 4.79 Å². The molecule has 0 radical (unpaired) electrons. The highest BCUT2D eigenvalue weighted by molar-refractivity contribution is 5.85. The summed E-state index contributed by atoms with van der Waals surface area (Å²) in [5.41, 5.74) is 8.90. The number of hydrogen-bond donors (Lipinski definition) is 2. The molecule has 3 rings (SSSR count). The van der Waals surface area contributed by atoms with Gasteiger partial charge in [-0.1, -0.05) is 0 Å². The molecule has 6 heteroatoms. The quantitative estimate of drug-likeness (QED) is 0.745. The lowest BCUT2D eigenvalue weighted by molar-refractivity contribution is 0.276. The van der Waals surface area contributed by atoms with Crippen molar-refractivity contribution in [1.82, 2.24) is 9.88 Å². The van der Waals surface area contributed by atoms with Gasteiger partial charge in [-0.25, -0.2) is 4.79 Å². The summed E-state index contributed by atoms with van der Waals surface area (Å²) in [6, 6.07) is 4.00. The third-order valence-electron chi connectivity index (χ3n) is 3.71. The van der Waals surface area contributed by atoms with Crippen molar-refractivity contribution in [3.63, 3.8) is 0 Å². The molecule has 1 unspecified atom stereocenters. The van der Waals surface area contributed by atoms with Gasteiger partial charge in [-0.2, -0.15) is 0 Å². The molecule has 0 aliphatic carbocycles. The van der Waals surface area contributed by atoms with Crippen LogP contribution >= 0.6 is 0 Å². The van der Waals surface area contributed by atoms with Crippen molar-refractivity contribution in [2.75, 3.05) is 37.3 Å². The predicted molar refractivity (Wildman–Crippen MR) is 75.6 cm³/mol. The van der Waals surface area contributed by atoms with Crippen molar-refractivity contribution in [3.05, 3.63) is 22.7 Å². The first-order chi connectivity index (χ1) is 9.04. The van der Waals surface area contributed by atoms with Gasteiger partial charge in [0.05, 0.1) is 16.9 Å². The molecule has 3 N–H and O–H groups in total. The molecule has 1 aromatic carbocycles. The number of aromatic nitrogens is 1. The lowest BCUT2D eigenvalue weighted by atomic mass is 10.1. The fourth-order valence-corrected chi connectivity index (χ4v) is 2.75. The lowest BCUT2D eigenvalue weighted by Gasteiger charge is -2.40. The van der Waals surface area contributed by atoms with Crippen LogP contribution in [-0.2, 0) is 0 Å². The zero-order chi connectivity index (χ0) is 13.6. The average molecular weight is 262 g/mol. The van der Waals surface area contributed by atoms with Crippen LogP contribution in [0.2, 0.25) is 0 Å². The van der Waals surface area contributed by atoms with Gasteiger partial charge in [0.15, 0.2) is 5.58 Å². The monoisotopic (exact) mass is 262 g/mol. The van der Waals surface area contributed by atoms with Gasteiger partial charge in [-0.05, 0) is 20.0 Å². The molecule has 1 aromatic heterocycles. The summed E-state index contributed by atoms with van der Waals surface area (Å²) in [5, 5.41) is 0. The van der Waals surface area contributed by atoms with Crippen molar-refractivity contribution >= 4 is 22.5 Å². The molecule has 0 amide bonds. The molecule has 2 heterocycles. The molecule has 19 heavy (non-hydrogen) atoms. The van der Waals surface area contributed by atoms with Crippen LogP contribution in [0.3, 0.4) is 0 Å². The first-order valence-corrected chi connectivity index (χ1v) is 6.42. The average Bonchev–Trinajstić information content (AvgIpc) is 2.68. The Kier molecular flexibility index (Phi) is 2.74. The molecule has 0 bridgehead atoms. The summed E-state index contributed by atoms with van der Waals surface area (Å²) in [5.74, 6) is -0.446. The van der Waals surface area contributed by atoms with Crippen LogP contribution in [0.4, 0.5) is 11.4 Å². The lowest BCUT2D eigenvalue weighted by Crippen LogP contribution is -2.50. The van der Waals surface area contributed by atoms with Gasteiger partial charge in [0.2, 0.25) is 0 Å². The molecule has 102 valence electrons. The van der Waals surface area contributed by atoms with E-state index < -0.39 is 5.76 Å². The van der Waals surface area contributed by atoms with E-state index in [1.807, 2.05) is 6.07 Å². The van der Waals surface area contributed by atoms with Crippen molar-refractivity contribution in [2.45, 2.75) is 13.0 Å². The first kappa shape index (κ1) is 12.1. The number of piperazine rings is 1. The Balaban J connectivity index is 2.04. The molecular formula is C13H18N4O2. The summed E-state index contributed by atoms with van der Waals surface area (Å²) in [6.07, 6.45) is 0.